The fourth-order valence-electron chi connectivity index (χ4n) is 4.08. The van der Waals surface area contributed by atoms with E-state index in [-0.39, 0.29) is 11.9 Å². The maximum Gasteiger partial charge on any atom is 0.327 e. The molecule has 0 aromatic carbocycles. The quantitative estimate of drug-likeness (QED) is 0.759. The van der Waals surface area contributed by atoms with Crippen molar-refractivity contribution in [2.75, 3.05) is 31.1 Å². The monoisotopic (exact) mass is 339 g/mol. The molecule has 0 bridgehead atoms. The molecule has 4 rings (SSSR count). The number of urea groups is 1. The van der Waals surface area contributed by atoms with Crippen molar-refractivity contribution in [1.29, 1.82) is 5.26 Å². The lowest BCUT2D eigenvalue weighted by Gasteiger charge is -2.36. The van der Waals surface area contributed by atoms with Crippen LogP contribution in [0.2, 0.25) is 0 Å². The number of anilines is 1. The Bertz CT molecular complexity index is 784. The van der Waals surface area contributed by atoms with Gasteiger partial charge >= 0.3 is 6.03 Å². The van der Waals surface area contributed by atoms with Gasteiger partial charge in [0.1, 0.15) is 17.9 Å². The zero-order chi connectivity index (χ0) is 17.6. The Labute approximate surface area is 146 Å². The van der Waals surface area contributed by atoms with E-state index >= 15 is 0 Å². The third-order valence-corrected chi connectivity index (χ3v) is 5.42. The summed E-state index contributed by atoms with van der Waals surface area (Å²) in [7, 11) is 0. The molecule has 0 saturated carbocycles. The molecule has 2 fully saturated rings. The first-order valence-electron chi connectivity index (χ1n) is 8.94. The fraction of sp³-hybridized carbons (Fsp3) is 0.556. The number of carbonyl (C=O) groups is 2. The summed E-state index contributed by atoms with van der Waals surface area (Å²) in [6.45, 7) is 3.68. The molecule has 0 radical (unpaired) electrons. The van der Waals surface area contributed by atoms with E-state index in [4.69, 9.17) is 4.98 Å². The minimum Gasteiger partial charge on any atom is -0.351 e. The van der Waals surface area contributed by atoms with Gasteiger partial charge in [-0.1, -0.05) is 0 Å². The molecular formula is C18H21N5O2. The molecule has 0 spiro atoms. The van der Waals surface area contributed by atoms with Crippen LogP contribution in [0, 0.1) is 11.3 Å². The van der Waals surface area contributed by atoms with E-state index in [9.17, 15) is 14.9 Å². The summed E-state index contributed by atoms with van der Waals surface area (Å²) in [5.41, 5.74) is 2.82. The van der Waals surface area contributed by atoms with Crippen molar-refractivity contribution in [3.63, 3.8) is 0 Å². The summed E-state index contributed by atoms with van der Waals surface area (Å²) >= 11 is 0. The van der Waals surface area contributed by atoms with Crippen LogP contribution in [0.1, 0.15) is 36.6 Å². The predicted molar refractivity (Wildman–Crippen MR) is 91.1 cm³/mol. The summed E-state index contributed by atoms with van der Waals surface area (Å²) in [5, 5.41) is 9.56. The highest BCUT2D eigenvalue weighted by molar-refractivity contribution is 6.04. The largest absolute Gasteiger partial charge is 0.351 e. The first kappa shape index (κ1) is 15.9. The molecule has 130 valence electrons. The number of pyridine rings is 1. The minimum absolute atomic E-state index is 0.145. The highest BCUT2D eigenvalue weighted by atomic mass is 16.2. The summed E-state index contributed by atoms with van der Waals surface area (Å²) < 4.78 is 0. The molecule has 1 aromatic heterocycles. The minimum atomic E-state index is -0.467. The van der Waals surface area contributed by atoms with E-state index < -0.39 is 6.04 Å². The Morgan fingerprint density at radius 1 is 1.28 bits per heavy atom. The summed E-state index contributed by atoms with van der Waals surface area (Å²) in [5.74, 6) is 0.520. The highest BCUT2D eigenvalue weighted by Gasteiger charge is 2.47. The number of rotatable bonds is 2. The van der Waals surface area contributed by atoms with Crippen molar-refractivity contribution in [3.8, 4) is 6.07 Å². The molecule has 7 heteroatoms. The Morgan fingerprint density at radius 2 is 2.08 bits per heavy atom. The number of piperazine rings is 1. The van der Waals surface area contributed by atoms with E-state index in [1.54, 1.807) is 4.90 Å². The van der Waals surface area contributed by atoms with Gasteiger partial charge in [-0.05, 0) is 44.2 Å². The van der Waals surface area contributed by atoms with Gasteiger partial charge in [-0.15, -0.1) is 0 Å². The SMILES string of the molecule is CCN1C(=O)C2CN(c3nc4c(cc3C#N)CCCC4)CCN2C1=O. The molecule has 1 aliphatic carbocycles. The number of nitrogens with zero attached hydrogens (tertiary/aromatic N) is 5. The molecule has 2 aliphatic heterocycles. The second-order valence-corrected chi connectivity index (χ2v) is 6.80. The Hall–Kier alpha value is -2.62. The topological polar surface area (TPSA) is 80.5 Å². The first-order valence-corrected chi connectivity index (χ1v) is 8.94. The second kappa shape index (κ2) is 6.03. The molecule has 2 saturated heterocycles. The van der Waals surface area contributed by atoms with Crippen molar-refractivity contribution < 1.29 is 9.59 Å². The number of aromatic nitrogens is 1. The molecule has 1 aromatic rings. The Balaban J connectivity index is 1.65. The normalized spacial score (nSPS) is 22.7. The lowest BCUT2D eigenvalue weighted by molar-refractivity contribution is -0.128. The zero-order valence-electron chi connectivity index (χ0n) is 14.4. The fourth-order valence-corrected chi connectivity index (χ4v) is 4.08. The molecular weight excluding hydrogens is 318 g/mol. The van der Waals surface area contributed by atoms with Crippen LogP contribution < -0.4 is 4.90 Å². The number of hydrogen-bond acceptors (Lipinski definition) is 5. The number of carbonyl (C=O) groups excluding carboxylic acids is 2. The van der Waals surface area contributed by atoms with Gasteiger partial charge in [-0.3, -0.25) is 9.69 Å². The van der Waals surface area contributed by atoms with Gasteiger partial charge in [0.05, 0.1) is 5.56 Å². The van der Waals surface area contributed by atoms with Crippen LogP contribution in [-0.4, -0.2) is 58.9 Å². The van der Waals surface area contributed by atoms with E-state index in [1.807, 2.05) is 17.9 Å². The smallest absolute Gasteiger partial charge is 0.327 e. The summed E-state index contributed by atoms with van der Waals surface area (Å²) in [4.78, 5) is 34.5. The van der Waals surface area contributed by atoms with Crippen molar-refractivity contribution in [2.45, 2.75) is 38.6 Å². The molecule has 1 unspecified atom stereocenters. The van der Waals surface area contributed by atoms with Gasteiger partial charge in [0.15, 0.2) is 0 Å². The third-order valence-electron chi connectivity index (χ3n) is 5.42. The van der Waals surface area contributed by atoms with E-state index in [1.165, 1.54) is 10.5 Å². The maximum absolute atomic E-state index is 12.5. The van der Waals surface area contributed by atoms with Crippen molar-refractivity contribution in [3.05, 3.63) is 22.9 Å². The average molecular weight is 339 g/mol. The van der Waals surface area contributed by atoms with Gasteiger partial charge < -0.3 is 9.80 Å². The number of imide groups is 1. The average Bonchev–Trinajstić information content (AvgIpc) is 2.90. The summed E-state index contributed by atoms with van der Waals surface area (Å²) in [6.07, 6.45) is 4.19. The van der Waals surface area contributed by atoms with Gasteiger partial charge in [0.2, 0.25) is 0 Å². The molecule has 3 heterocycles. The molecule has 0 N–H and O–H groups in total. The number of nitriles is 1. The van der Waals surface area contributed by atoms with Gasteiger partial charge in [0.25, 0.3) is 5.91 Å². The van der Waals surface area contributed by atoms with Crippen molar-refractivity contribution >= 4 is 17.8 Å². The van der Waals surface area contributed by atoms with Crippen LogP contribution in [0.25, 0.3) is 0 Å². The Morgan fingerprint density at radius 3 is 2.84 bits per heavy atom. The van der Waals surface area contributed by atoms with Crippen LogP contribution in [0.3, 0.4) is 0 Å². The van der Waals surface area contributed by atoms with Crippen LogP contribution in [-0.2, 0) is 17.6 Å². The van der Waals surface area contributed by atoms with Gasteiger partial charge in [-0.25, -0.2) is 9.78 Å². The Kier molecular flexibility index (Phi) is 3.83. The second-order valence-electron chi connectivity index (χ2n) is 6.80. The molecule has 7 nitrogen and oxygen atoms in total. The lowest BCUT2D eigenvalue weighted by atomic mass is 9.94. The molecule has 3 aliphatic rings. The summed E-state index contributed by atoms with van der Waals surface area (Å²) in [6, 6.07) is 3.56. The van der Waals surface area contributed by atoms with Gasteiger partial charge in [0, 0.05) is 31.9 Å². The number of hydrogen-bond donors (Lipinski definition) is 0. The number of fused-ring (bicyclic) bond motifs is 2. The van der Waals surface area contributed by atoms with Crippen molar-refractivity contribution in [2.24, 2.45) is 0 Å². The number of aryl methyl sites for hydroxylation is 2. The van der Waals surface area contributed by atoms with E-state index in [0.29, 0.717) is 37.6 Å². The van der Waals surface area contributed by atoms with E-state index in [2.05, 4.69) is 6.07 Å². The van der Waals surface area contributed by atoms with Crippen LogP contribution in [0.5, 0.6) is 0 Å². The van der Waals surface area contributed by atoms with Crippen LogP contribution in [0.4, 0.5) is 10.6 Å². The van der Waals surface area contributed by atoms with Gasteiger partial charge in [-0.2, -0.15) is 5.26 Å². The van der Waals surface area contributed by atoms with E-state index in [0.717, 1.165) is 31.4 Å². The number of amides is 3. The third kappa shape index (κ3) is 2.44. The standard InChI is InChI=1S/C18H21N5O2/c1-2-22-17(24)15-11-21(7-8-23(15)18(22)25)16-13(10-19)9-12-5-3-4-6-14(12)20-16/h9,15H,2-8,11H2,1H3. The molecule has 1 atom stereocenters. The maximum atomic E-state index is 12.5. The molecule has 25 heavy (non-hydrogen) atoms. The number of likely N-dealkylation sites (N-methyl/N-ethyl adjacent to an activating group) is 1. The zero-order valence-corrected chi connectivity index (χ0v) is 14.4. The predicted octanol–water partition coefficient (Wildman–Crippen LogP) is 1.30. The van der Waals surface area contributed by atoms with Crippen molar-refractivity contribution in [1.82, 2.24) is 14.8 Å². The van der Waals surface area contributed by atoms with Crippen LogP contribution in [0.15, 0.2) is 6.07 Å². The lowest BCUT2D eigenvalue weighted by Crippen LogP contribution is -2.53. The highest BCUT2D eigenvalue weighted by Crippen LogP contribution is 2.29. The van der Waals surface area contributed by atoms with Crippen LogP contribution >= 0.6 is 0 Å². The first-order chi connectivity index (χ1) is 12.1. The molecule has 3 amide bonds.